The third kappa shape index (κ3) is 3.11. The number of nitrogens with one attached hydrogen (secondary N) is 1. The fourth-order valence-corrected chi connectivity index (χ4v) is 3.34. The minimum absolute atomic E-state index is 0.00407. The lowest BCUT2D eigenvalue weighted by atomic mass is 10.1. The highest BCUT2D eigenvalue weighted by Gasteiger charge is 2.13. The number of carbonyl (C=O) groups excluding carboxylic acids is 1. The lowest BCUT2D eigenvalue weighted by Gasteiger charge is -2.13. The van der Waals surface area contributed by atoms with Crippen molar-refractivity contribution in [2.24, 2.45) is 0 Å². The van der Waals surface area contributed by atoms with E-state index in [0.29, 0.717) is 13.0 Å². The van der Waals surface area contributed by atoms with E-state index in [4.69, 9.17) is 0 Å². The van der Waals surface area contributed by atoms with Crippen LogP contribution in [0.5, 0.6) is 0 Å². The maximum absolute atomic E-state index is 12.0. The van der Waals surface area contributed by atoms with Crippen LogP contribution in [0.3, 0.4) is 0 Å². The van der Waals surface area contributed by atoms with Crippen LogP contribution in [0.1, 0.15) is 24.9 Å². The molecule has 1 atom stereocenters. The zero-order valence-electron chi connectivity index (χ0n) is 11.7. The average Bonchev–Trinajstić information content (AvgIpc) is 3.14. The van der Waals surface area contributed by atoms with Gasteiger partial charge in [-0.3, -0.25) is 9.48 Å². The summed E-state index contributed by atoms with van der Waals surface area (Å²) in [7, 11) is 0. The molecule has 21 heavy (non-hydrogen) atoms. The molecule has 0 aliphatic heterocycles. The number of nitrogens with zero attached hydrogens (tertiary/aromatic N) is 3. The molecule has 0 saturated carbocycles. The van der Waals surface area contributed by atoms with Crippen LogP contribution in [0.25, 0.3) is 10.1 Å². The van der Waals surface area contributed by atoms with Crippen molar-refractivity contribution in [2.75, 3.05) is 0 Å². The Balaban J connectivity index is 1.63. The van der Waals surface area contributed by atoms with E-state index >= 15 is 0 Å². The number of fused-ring (bicyclic) bond motifs is 1. The Morgan fingerprint density at radius 1 is 1.43 bits per heavy atom. The predicted octanol–water partition coefficient (Wildman–Crippen LogP) is 2.76. The molecule has 0 saturated heterocycles. The molecule has 2 heterocycles. The Bertz CT molecular complexity index is 735. The molecule has 0 fully saturated rings. The van der Waals surface area contributed by atoms with E-state index < -0.39 is 0 Å². The van der Waals surface area contributed by atoms with Gasteiger partial charge >= 0.3 is 0 Å². The summed E-state index contributed by atoms with van der Waals surface area (Å²) >= 11 is 1.71. The van der Waals surface area contributed by atoms with Crippen LogP contribution in [0.2, 0.25) is 0 Å². The first-order valence-corrected chi connectivity index (χ1v) is 7.70. The molecule has 0 unspecified atom stereocenters. The Hall–Kier alpha value is -2.21. The van der Waals surface area contributed by atoms with Gasteiger partial charge in [-0.1, -0.05) is 18.2 Å². The normalized spacial score (nSPS) is 12.4. The van der Waals surface area contributed by atoms with Crippen molar-refractivity contribution >= 4 is 27.3 Å². The number of carbonyl (C=O) groups is 1. The molecular weight excluding hydrogens is 284 g/mol. The molecule has 6 heteroatoms. The van der Waals surface area contributed by atoms with Gasteiger partial charge in [0, 0.05) is 11.1 Å². The number of thiophene rings is 1. The van der Waals surface area contributed by atoms with Gasteiger partial charge in [-0.15, -0.1) is 11.3 Å². The van der Waals surface area contributed by atoms with Crippen molar-refractivity contribution in [1.82, 2.24) is 20.1 Å². The van der Waals surface area contributed by atoms with E-state index in [1.165, 1.54) is 22.0 Å². The maximum Gasteiger partial charge on any atom is 0.222 e. The SMILES string of the molecule is C[C@@H](NC(=O)CCn1cncn1)c1csc2ccccc12. The molecule has 1 N–H and O–H groups in total. The predicted molar refractivity (Wildman–Crippen MR) is 83.0 cm³/mol. The van der Waals surface area contributed by atoms with Gasteiger partial charge in [0.2, 0.25) is 5.91 Å². The molecule has 0 radical (unpaired) electrons. The van der Waals surface area contributed by atoms with E-state index in [1.807, 2.05) is 19.1 Å². The second kappa shape index (κ2) is 6.05. The van der Waals surface area contributed by atoms with Crippen molar-refractivity contribution in [3.05, 3.63) is 47.9 Å². The van der Waals surface area contributed by atoms with Crippen LogP contribution < -0.4 is 5.32 Å². The lowest BCUT2D eigenvalue weighted by Crippen LogP contribution is -2.27. The van der Waals surface area contributed by atoms with Crippen LogP contribution in [0.4, 0.5) is 0 Å². The number of amides is 1. The molecule has 1 aromatic carbocycles. The summed E-state index contributed by atoms with van der Waals surface area (Å²) in [5.74, 6) is 0.0216. The second-order valence-corrected chi connectivity index (χ2v) is 5.80. The second-order valence-electron chi connectivity index (χ2n) is 4.88. The number of hydrogen-bond acceptors (Lipinski definition) is 4. The fraction of sp³-hybridized carbons (Fsp3) is 0.267. The number of aryl methyl sites for hydroxylation is 1. The number of rotatable bonds is 5. The highest BCUT2D eigenvalue weighted by atomic mass is 32.1. The molecular formula is C15H16N4OS. The Morgan fingerprint density at radius 3 is 3.10 bits per heavy atom. The summed E-state index contributed by atoms with van der Waals surface area (Å²) in [6, 6.07) is 8.26. The monoisotopic (exact) mass is 300 g/mol. The van der Waals surface area contributed by atoms with Gasteiger partial charge in [-0.2, -0.15) is 5.10 Å². The number of benzene rings is 1. The zero-order chi connectivity index (χ0) is 14.7. The molecule has 0 aliphatic rings. The van der Waals surface area contributed by atoms with Crippen LogP contribution in [0, 0.1) is 0 Å². The highest BCUT2D eigenvalue weighted by Crippen LogP contribution is 2.29. The molecule has 1 amide bonds. The first-order valence-electron chi connectivity index (χ1n) is 6.82. The van der Waals surface area contributed by atoms with Gasteiger partial charge in [0.25, 0.3) is 0 Å². The Kier molecular flexibility index (Phi) is 3.96. The van der Waals surface area contributed by atoms with Crippen molar-refractivity contribution < 1.29 is 4.79 Å². The Labute approximate surface area is 126 Å². The van der Waals surface area contributed by atoms with Crippen LogP contribution in [-0.2, 0) is 11.3 Å². The van der Waals surface area contributed by atoms with Crippen LogP contribution in [-0.4, -0.2) is 20.7 Å². The van der Waals surface area contributed by atoms with Crippen molar-refractivity contribution in [3.63, 3.8) is 0 Å². The van der Waals surface area contributed by atoms with Gasteiger partial charge in [0.1, 0.15) is 12.7 Å². The van der Waals surface area contributed by atoms with Gasteiger partial charge in [-0.05, 0) is 29.3 Å². The van der Waals surface area contributed by atoms with E-state index in [-0.39, 0.29) is 11.9 Å². The minimum Gasteiger partial charge on any atom is -0.349 e. The average molecular weight is 300 g/mol. The van der Waals surface area contributed by atoms with E-state index in [1.54, 1.807) is 22.3 Å². The highest BCUT2D eigenvalue weighted by molar-refractivity contribution is 7.17. The topological polar surface area (TPSA) is 59.8 Å². The molecule has 108 valence electrons. The Morgan fingerprint density at radius 2 is 2.29 bits per heavy atom. The maximum atomic E-state index is 12.0. The summed E-state index contributed by atoms with van der Waals surface area (Å²) < 4.78 is 2.90. The van der Waals surface area contributed by atoms with E-state index in [0.717, 1.165) is 0 Å². The van der Waals surface area contributed by atoms with Crippen molar-refractivity contribution in [3.8, 4) is 0 Å². The summed E-state index contributed by atoms with van der Waals surface area (Å²) in [5.41, 5.74) is 1.17. The van der Waals surface area contributed by atoms with Crippen LogP contribution in [0.15, 0.2) is 42.3 Å². The minimum atomic E-state index is 0.00407. The molecule has 2 aromatic heterocycles. The van der Waals surface area contributed by atoms with Crippen molar-refractivity contribution in [1.29, 1.82) is 0 Å². The summed E-state index contributed by atoms with van der Waals surface area (Å²) in [6.07, 6.45) is 3.48. The van der Waals surface area contributed by atoms with Crippen molar-refractivity contribution in [2.45, 2.75) is 25.9 Å². The molecule has 0 spiro atoms. The summed E-state index contributed by atoms with van der Waals surface area (Å²) in [6.45, 7) is 2.56. The van der Waals surface area contributed by atoms with E-state index in [9.17, 15) is 4.79 Å². The number of aromatic nitrogens is 3. The first kappa shape index (κ1) is 13.8. The van der Waals surface area contributed by atoms with Crippen LogP contribution >= 0.6 is 11.3 Å². The zero-order valence-corrected chi connectivity index (χ0v) is 12.5. The lowest BCUT2D eigenvalue weighted by molar-refractivity contribution is -0.122. The smallest absolute Gasteiger partial charge is 0.222 e. The third-order valence-electron chi connectivity index (χ3n) is 3.39. The summed E-state index contributed by atoms with van der Waals surface area (Å²) in [5, 5.41) is 10.4. The van der Waals surface area contributed by atoms with Gasteiger partial charge in [0.05, 0.1) is 12.6 Å². The quantitative estimate of drug-likeness (QED) is 0.788. The molecule has 0 bridgehead atoms. The summed E-state index contributed by atoms with van der Waals surface area (Å²) in [4.78, 5) is 15.9. The first-order chi connectivity index (χ1) is 10.2. The van der Waals surface area contributed by atoms with Gasteiger partial charge in [-0.25, -0.2) is 4.98 Å². The molecule has 0 aliphatic carbocycles. The molecule has 3 aromatic rings. The largest absolute Gasteiger partial charge is 0.349 e. The van der Waals surface area contributed by atoms with Gasteiger partial charge < -0.3 is 5.32 Å². The van der Waals surface area contributed by atoms with E-state index in [2.05, 4.69) is 32.9 Å². The standard InChI is InChI=1S/C15H16N4OS/c1-11(13-8-21-14-5-3-2-4-12(13)14)18-15(20)6-7-19-10-16-9-17-19/h2-5,8-11H,6-7H2,1H3,(H,18,20)/t11-/m1/s1. The van der Waals surface area contributed by atoms with Gasteiger partial charge in [0.15, 0.2) is 0 Å². The number of hydrogen-bond donors (Lipinski definition) is 1. The molecule has 3 rings (SSSR count). The molecule has 5 nitrogen and oxygen atoms in total. The fourth-order valence-electron chi connectivity index (χ4n) is 2.29. The third-order valence-corrected chi connectivity index (χ3v) is 4.37.